The molecule has 1 unspecified atom stereocenters. The Labute approximate surface area is 92.5 Å². The van der Waals surface area contributed by atoms with E-state index in [0.717, 1.165) is 0 Å². The summed E-state index contributed by atoms with van der Waals surface area (Å²) in [5.74, 6) is -0.811. The zero-order valence-corrected chi connectivity index (χ0v) is 8.71. The van der Waals surface area contributed by atoms with Crippen LogP contribution in [-0.2, 0) is 0 Å². The molecular formula is C11H10N2O3. The zero-order chi connectivity index (χ0) is 12.1. The summed E-state index contributed by atoms with van der Waals surface area (Å²) in [5, 5.41) is 19.2. The molecule has 16 heavy (non-hydrogen) atoms. The monoisotopic (exact) mass is 218 g/mol. The fourth-order valence-corrected chi connectivity index (χ4v) is 1.30. The molecule has 0 N–H and O–H groups in total. The fraction of sp³-hybridized carbons (Fsp3) is 0.273. The number of hydrogen-bond acceptors (Lipinski definition) is 4. The summed E-state index contributed by atoms with van der Waals surface area (Å²) >= 11 is 0. The molecule has 1 rings (SSSR count). The van der Waals surface area contributed by atoms with Gasteiger partial charge in [-0.15, -0.1) is 0 Å². The third-order valence-corrected chi connectivity index (χ3v) is 2.11. The van der Waals surface area contributed by atoms with E-state index < -0.39 is 10.8 Å². The number of nitro groups is 1. The zero-order valence-electron chi connectivity index (χ0n) is 8.71. The second-order valence-electron chi connectivity index (χ2n) is 3.43. The van der Waals surface area contributed by atoms with E-state index >= 15 is 0 Å². The maximum atomic E-state index is 11.7. The van der Waals surface area contributed by atoms with E-state index in [1.54, 1.807) is 13.0 Å². The predicted octanol–water partition coefficient (Wildman–Crippen LogP) is 2.33. The lowest BCUT2D eigenvalue weighted by Crippen LogP contribution is -2.07. The number of carbonyl (C=O) groups is 1. The van der Waals surface area contributed by atoms with E-state index in [1.165, 1.54) is 18.2 Å². The first-order chi connectivity index (χ1) is 7.56. The number of hydrogen-bond donors (Lipinski definition) is 0. The van der Waals surface area contributed by atoms with Crippen molar-refractivity contribution in [2.24, 2.45) is 5.92 Å². The number of carbonyl (C=O) groups excluding carboxylic acids is 1. The lowest BCUT2D eigenvalue weighted by molar-refractivity contribution is -0.385. The number of benzene rings is 1. The Balaban J connectivity index is 3.00. The van der Waals surface area contributed by atoms with Crippen LogP contribution in [-0.4, -0.2) is 10.7 Å². The number of ketones is 1. The van der Waals surface area contributed by atoms with E-state index in [4.69, 9.17) is 5.26 Å². The van der Waals surface area contributed by atoms with Gasteiger partial charge in [0.15, 0.2) is 5.78 Å². The molecule has 5 heteroatoms. The van der Waals surface area contributed by atoms with E-state index in [-0.39, 0.29) is 23.5 Å². The Bertz CT molecular complexity index is 463. The lowest BCUT2D eigenvalue weighted by atomic mass is 10.00. The van der Waals surface area contributed by atoms with Crippen molar-refractivity contribution in [1.29, 1.82) is 5.26 Å². The van der Waals surface area contributed by atoms with Crippen LogP contribution in [0.5, 0.6) is 0 Å². The van der Waals surface area contributed by atoms with Crippen molar-refractivity contribution in [3.63, 3.8) is 0 Å². The van der Waals surface area contributed by atoms with Crippen LogP contribution in [0, 0.1) is 27.4 Å². The molecule has 1 atom stereocenters. The quantitative estimate of drug-likeness (QED) is 0.441. The molecule has 0 fully saturated rings. The third-order valence-electron chi connectivity index (χ3n) is 2.11. The van der Waals surface area contributed by atoms with Crippen molar-refractivity contribution in [1.82, 2.24) is 0 Å². The number of nitro benzene ring substituents is 1. The van der Waals surface area contributed by atoms with Crippen LogP contribution in [0.2, 0.25) is 0 Å². The Morgan fingerprint density at radius 1 is 1.56 bits per heavy atom. The molecule has 0 saturated carbocycles. The molecule has 0 aromatic heterocycles. The van der Waals surface area contributed by atoms with Crippen LogP contribution in [0.3, 0.4) is 0 Å². The second-order valence-corrected chi connectivity index (χ2v) is 3.43. The first-order valence-electron chi connectivity index (χ1n) is 4.72. The van der Waals surface area contributed by atoms with E-state index in [1.807, 2.05) is 6.07 Å². The third kappa shape index (κ3) is 2.64. The minimum absolute atomic E-state index is 0.00134. The first-order valence-corrected chi connectivity index (χ1v) is 4.72. The predicted molar refractivity (Wildman–Crippen MR) is 56.8 cm³/mol. The van der Waals surface area contributed by atoms with Gasteiger partial charge in [0.2, 0.25) is 0 Å². The molecule has 0 saturated heterocycles. The van der Waals surface area contributed by atoms with Gasteiger partial charge in [0.25, 0.3) is 5.69 Å². The molecule has 0 bridgehead atoms. The summed E-state index contributed by atoms with van der Waals surface area (Å²) < 4.78 is 0. The van der Waals surface area contributed by atoms with Crippen molar-refractivity contribution in [2.75, 3.05) is 0 Å². The summed E-state index contributed by atoms with van der Waals surface area (Å²) in [4.78, 5) is 21.8. The lowest BCUT2D eigenvalue weighted by Gasteiger charge is -2.02. The average Bonchev–Trinajstić information content (AvgIpc) is 2.28. The van der Waals surface area contributed by atoms with Gasteiger partial charge in [-0.1, -0.05) is 12.1 Å². The number of nitriles is 1. The van der Waals surface area contributed by atoms with Crippen LogP contribution in [0.25, 0.3) is 0 Å². The van der Waals surface area contributed by atoms with Crippen molar-refractivity contribution in [2.45, 2.75) is 13.3 Å². The molecular weight excluding hydrogens is 208 g/mol. The van der Waals surface area contributed by atoms with E-state index in [0.29, 0.717) is 0 Å². The highest BCUT2D eigenvalue weighted by Gasteiger charge is 2.20. The number of Topliss-reactive ketones (excluding diaryl/α,β-unsaturated/α-hetero) is 1. The minimum Gasteiger partial charge on any atom is -0.294 e. The molecule has 1 aromatic rings. The Hall–Kier alpha value is -2.22. The molecule has 0 aliphatic heterocycles. The number of nitrogens with zero attached hydrogens (tertiary/aromatic N) is 2. The maximum Gasteiger partial charge on any atom is 0.280 e. The molecule has 0 aliphatic carbocycles. The molecule has 82 valence electrons. The summed E-state index contributed by atoms with van der Waals surface area (Å²) in [6.45, 7) is 1.60. The summed E-state index contributed by atoms with van der Waals surface area (Å²) in [7, 11) is 0. The molecule has 0 amide bonds. The largest absolute Gasteiger partial charge is 0.294 e. The van der Waals surface area contributed by atoms with Gasteiger partial charge in [-0.2, -0.15) is 5.26 Å². The van der Waals surface area contributed by atoms with Crippen molar-refractivity contribution < 1.29 is 9.72 Å². The average molecular weight is 218 g/mol. The maximum absolute atomic E-state index is 11.7. The highest BCUT2D eigenvalue weighted by Crippen LogP contribution is 2.20. The van der Waals surface area contributed by atoms with Gasteiger partial charge < -0.3 is 0 Å². The smallest absolute Gasteiger partial charge is 0.280 e. The minimum atomic E-state index is -0.593. The highest BCUT2D eigenvalue weighted by atomic mass is 16.6. The van der Waals surface area contributed by atoms with Crippen molar-refractivity contribution >= 4 is 11.5 Å². The van der Waals surface area contributed by atoms with Crippen LogP contribution < -0.4 is 0 Å². The Morgan fingerprint density at radius 2 is 2.19 bits per heavy atom. The van der Waals surface area contributed by atoms with Crippen molar-refractivity contribution in [3.05, 3.63) is 39.9 Å². The number of rotatable bonds is 4. The van der Waals surface area contributed by atoms with Gasteiger partial charge >= 0.3 is 0 Å². The van der Waals surface area contributed by atoms with Crippen LogP contribution in [0.15, 0.2) is 24.3 Å². The molecule has 0 aliphatic rings. The number of para-hydroxylation sites is 1. The molecule has 5 nitrogen and oxygen atoms in total. The van der Waals surface area contributed by atoms with Gasteiger partial charge in [-0.3, -0.25) is 14.9 Å². The van der Waals surface area contributed by atoms with Crippen LogP contribution in [0.1, 0.15) is 23.7 Å². The SMILES string of the molecule is CC(C#N)CC(=O)c1ccccc1[N+](=O)[O-]. The molecule has 1 aromatic carbocycles. The first kappa shape index (κ1) is 11.9. The second kappa shape index (κ2) is 5.03. The summed E-state index contributed by atoms with van der Waals surface area (Å²) in [6.07, 6.45) is 0.00134. The fourth-order valence-electron chi connectivity index (χ4n) is 1.30. The van der Waals surface area contributed by atoms with Gasteiger partial charge in [-0.05, 0) is 13.0 Å². The summed E-state index contributed by atoms with van der Waals surface area (Å²) in [5.41, 5.74) is -0.146. The van der Waals surface area contributed by atoms with Gasteiger partial charge in [-0.25, -0.2) is 0 Å². The molecule has 0 radical (unpaired) electrons. The topological polar surface area (TPSA) is 84.0 Å². The van der Waals surface area contributed by atoms with E-state index in [2.05, 4.69) is 0 Å². The standard InChI is InChI=1S/C11H10N2O3/c1-8(7-12)6-11(14)9-4-2-3-5-10(9)13(15)16/h2-5,8H,6H2,1H3. The van der Waals surface area contributed by atoms with Gasteiger partial charge in [0, 0.05) is 12.5 Å². The van der Waals surface area contributed by atoms with Crippen molar-refractivity contribution in [3.8, 4) is 6.07 Å². The highest BCUT2D eigenvalue weighted by molar-refractivity contribution is 6.00. The molecule has 0 spiro atoms. The Kier molecular flexibility index (Phi) is 3.72. The molecule has 0 heterocycles. The summed E-state index contributed by atoms with van der Waals surface area (Å²) in [6, 6.07) is 7.68. The van der Waals surface area contributed by atoms with Gasteiger partial charge in [0.05, 0.1) is 22.5 Å². The normalized spacial score (nSPS) is 11.5. The van der Waals surface area contributed by atoms with Gasteiger partial charge in [0.1, 0.15) is 0 Å². The van der Waals surface area contributed by atoms with E-state index in [9.17, 15) is 14.9 Å². The van der Waals surface area contributed by atoms with Crippen LogP contribution >= 0.6 is 0 Å². The Morgan fingerprint density at radius 3 is 2.75 bits per heavy atom. The van der Waals surface area contributed by atoms with Crippen LogP contribution in [0.4, 0.5) is 5.69 Å².